The van der Waals surface area contributed by atoms with E-state index in [1.54, 1.807) is 6.20 Å². The van der Waals surface area contributed by atoms with E-state index < -0.39 is 5.97 Å². The molecule has 3 heterocycles. The molecule has 1 unspecified atom stereocenters. The van der Waals surface area contributed by atoms with Crippen LogP contribution in [0.25, 0.3) is 0 Å². The van der Waals surface area contributed by atoms with Gasteiger partial charge in [-0.15, -0.1) is 0 Å². The summed E-state index contributed by atoms with van der Waals surface area (Å²) in [5.41, 5.74) is 7.32. The van der Waals surface area contributed by atoms with Crippen LogP contribution in [0.2, 0.25) is 5.02 Å². The Kier molecular flexibility index (Phi) is 5.61. The summed E-state index contributed by atoms with van der Waals surface area (Å²) in [5, 5.41) is 13.3. The molecule has 2 N–H and O–H groups in total. The molecule has 1 saturated carbocycles. The van der Waals surface area contributed by atoms with Crippen LogP contribution in [0.5, 0.6) is 0 Å². The molecule has 2 aliphatic heterocycles. The number of aromatic nitrogens is 2. The number of nitrogens with zero attached hydrogens (tertiary/aromatic N) is 4. The molecule has 0 spiro atoms. The first-order valence-corrected chi connectivity index (χ1v) is 12.6. The molecule has 0 saturated heterocycles. The van der Waals surface area contributed by atoms with Crippen molar-refractivity contribution in [1.29, 1.82) is 0 Å². The first kappa shape index (κ1) is 22.3. The summed E-state index contributed by atoms with van der Waals surface area (Å²) >= 11 is 6.57. The molecule has 0 bridgehead atoms. The quantitative estimate of drug-likeness (QED) is 0.476. The van der Waals surface area contributed by atoms with Crippen molar-refractivity contribution in [2.45, 2.75) is 44.1 Å². The monoisotopic (exact) mass is 489 g/mol. The Morgan fingerprint density at radius 2 is 2.06 bits per heavy atom. The molecule has 1 fully saturated rings. The Morgan fingerprint density at radius 1 is 1.23 bits per heavy atom. The van der Waals surface area contributed by atoms with E-state index in [1.807, 2.05) is 29.2 Å². The van der Waals surface area contributed by atoms with Gasteiger partial charge in [-0.3, -0.25) is 4.79 Å². The largest absolute Gasteiger partial charge is 0.481 e. The fraction of sp³-hybridized carbons (Fsp3) is 0.370. The van der Waals surface area contributed by atoms with Gasteiger partial charge in [0, 0.05) is 36.9 Å². The molecule has 1 aliphatic carbocycles. The van der Waals surface area contributed by atoms with Crippen molar-refractivity contribution < 1.29 is 9.90 Å². The summed E-state index contributed by atoms with van der Waals surface area (Å²) in [7, 11) is 2.17. The number of rotatable bonds is 6. The summed E-state index contributed by atoms with van der Waals surface area (Å²) in [6, 6.07) is 12.4. The van der Waals surface area contributed by atoms with Gasteiger partial charge in [-0.05, 0) is 72.7 Å². The van der Waals surface area contributed by atoms with Crippen LogP contribution in [0, 0.1) is 0 Å². The molecule has 3 aromatic rings. The molecule has 2 aromatic carbocycles. The zero-order chi connectivity index (χ0) is 24.1. The first-order chi connectivity index (χ1) is 17.0. The van der Waals surface area contributed by atoms with E-state index in [1.165, 1.54) is 29.5 Å². The third-order valence-electron chi connectivity index (χ3n) is 7.31. The highest BCUT2D eigenvalue weighted by Gasteiger charge is 2.33. The van der Waals surface area contributed by atoms with E-state index in [9.17, 15) is 9.90 Å². The van der Waals surface area contributed by atoms with E-state index >= 15 is 0 Å². The molecule has 6 rings (SSSR count). The maximum Gasteiger partial charge on any atom is 0.304 e. The standard InChI is InChI=1S/C27H28ClN5O2/c1-32-9-8-20-17(14-32)10-19(12-22(20)16-6-7-16)30-27-29-13-23(28)26(31-27)33-15-18(11-25(34)35)21-4-2-3-5-24(21)33/h2-5,10,12-13,16,18H,6-9,11,14-15H2,1H3,(H,34,35)(H,29,30,31). The second-order valence-corrected chi connectivity index (χ2v) is 10.3. The van der Waals surface area contributed by atoms with E-state index in [4.69, 9.17) is 16.6 Å². The Hall–Kier alpha value is -3.16. The summed E-state index contributed by atoms with van der Waals surface area (Å²) in [6.07, 6.45) is 5.31. The number of anilines is 4. The number of para-hydroxylation sites is 1. The van der Waals surface area contributed by atoms with Crippen LogP contribution in [0.15, 0.2) is 42.6 Å². The number of carbonyl (C=O) groups is 1. The van der Waals surface area contributed by atoms with Crippen molar-refractivity contribution in [3.8, 4) is 0 Å². The number of hydrogen-bond acceptors (Lipinski definition) is 6. The van der Waals surface area contributed by atoms with Gasteiger partial charge in [0.15, 0.2) is 5.82 Å². The van der Waals surface area contributed by atoms with Gasteiger partial charge in [0.05, 0.1) is 12.6 Å². The summed E-state index contributed by atoms with van der Waals surface area (Å²) in [4.78, 5) is 25.1. The zero-order valence-electron chi connectivity index (χ0n) is 19.7. The van der Waals surface area contributed by atoms with Crippen molar-refractivity contribution in [3.63, 3.8) is 0 Å². The van der Waals surface area contributed by atoms with Gasteiger partial charge < -0.3 is 20.2 Å². The molecule has 7 nitrogen and oxygen atoms in total. The Labute approximate surface area is 209 Å². The van der Waals surface area contributed by atoms with Gasteiger partial charge in [-0.1, -0.05) is 29.8 Å². The number of carboxylic acids is 1. The highest BCUT2D eigenvalue weighted by atomic mass is 35.5. The van der Waals surface area contributed by atoms with Crippen molar-refractivity contribution in [2.24, 2.45) is 0 Å². The fourth-order valence-electron chi connectivity index (χ4n) is 5.52. The van der Waals surface area contributed by atoms with Crippen molar-refractivity contribution in [1.82, 2.24) is 14.9 Å². The molecule has 1 aromatic heterocycles. The second-order valence-electron chi connectivity index (χ2n) is 9.92. The first-order valence-electron chi connectivity index (χ1n) is 12.2. The number of hydrogen-bond donors (Lipinski definition) is 2. The maximum atomic E-state index is 11.5. The van der Waals surface area contributed by atoms with Gasteiger partial charge in [-0.2, -0.15) is 4.98 Å². The highest BCUT2D eigenvalue weighted by molar-refractivity contribution is 6.33. The van der Waals surface area contributed by atoms with Crippen molar-refractivity contribution in [2.75, 3.05) is 30.4 Å². The fourth-order valence-corrected chi connectivity index (χ4v) is 5.72. The average Bonchev–Trinajstić information content (AvgIpc) is 3.62. The lowest BCUT2D eigenvalue weighted by molar-refractivity contribution is -0.137. The number of aliphatic carboxylic acids is 1. The van der Waals surface area contributed by atoms with E-state index in [2.05, 4.69) is 34.4 Å². The Balaban J connectivity index is 1.33. The number of fused-ring (bicyclic) bond motifs is 2. The number of likely N-dealkylation sites (N-methyl/N-ethyl adjacent to an activating group) is 1. The molecule has 3 aliphatic rings. The topological polar surface area (TPSA) is 81.6 Å². The minimum Gasteiger partial charge on any atom is -0.481 e. The SMILES string of the molecule is CN1CCc2c(cc(Nc3ncc(Cl)c(N4CC(CC(=O)O)c5ccccc54)n3)cc2C2CC2)C1. The van der Waals surface area contributed by atoms with Crippen molar-refractivity contribution >= 4 is 40.7 Å². The summed E-state index contributed by atoms with van der Waals surface area (Å²) in [6.45, 7) is 2.56. The molecular weight excluding hydrogens is 462 g/mol. The maximum absolute atomic E-state index is 11.5. The third-order valence-corrected chi connectivity index (χ3v) is 7.57. The number of carboxylic acid groups (broad SMARTS) is 1. The highest BCUT2D eigenvalue weighted by Crippen LogP contribution is 2.46. The second kappa shape index (κ2) is 8.81. The average molecular weight is 490 g/mol. The van der Waals surface area contributed by atoms with E-state index in [-0.39, 0.29) is 12.3 Å². The van der Waals surface area contributed by atoms with Gasteiger partial charge in [0.2, 0.25) is 5.95 Å². The van der Waals surface area contributed by atoms with Gasteiger partial charge in [0.1, 0.15) is 5.02 Å². The van der Waals surface area contributed by atoms with Gasteiger partial charge >= 0.3 is 5.97 Å². The van der Waals surface area contributed by atoms with Crippen LogP contribution in [-0.4, -0.2) is 46.1 Å². The third kappa shape index (κ3) is 4.34. The van der Waals surface area contributed by atoms with E-state index in [0.29, 0.717) is 29.3 Å². The summed E-state index contributed by atoms with van der Waals surface area (Å²) < 4.78 is 0. The van der Waals surface area contributed by atoms with Crippen LogP contribution in [0.1, 0.15) is 53.4 Å². The number of benzene rings is 2. The smallest absolute Gasteiger partial charge is 0.304 e. The minimum absolute atomic E-state index is 0.0643. The number of halogens is 1. The Bertz CT molecular complexity index is 1310. The molecule has 0 amide bonds. The predicted molar refractivity (Wildman–Crippen MR) is 137 cm³/mol. The molecule has 180 valence electrons. The van der Waals surface area contributed by atoms with Gasteiger partial charge in [0.25, 0.3) is 0 Å². The van der Waals surface area contributed by atoms with Gasteiger partial charge in [-0.25, -0.2) is 4.98 Å². The normalized spacial score (nSPS) is 19.4. The van der Waals surface area contributed by atoms with Crippen LogP contribution in [0.3, 0.4) is 0 Å². The Morgan fingerprint density at radius 3 is 2.86 bits per heavy atom. The van der Waals surface area contributed by atoms with E-state index in [0.717, 1.165) is 36.4 Å². The molecular formula is C27H28ClN5O2. The van der Waals surface area contributed by atoms with Crippen LogP contribution < -0.4 is 10.2 Å². The van der Waals surface area contributed by atoms with Crippen LogP contribution >= 0.6 is 11.6 Å². The predicted octanol–water partition coefficient (Wildman–Crippen LogP) is 5.45. The molecule has 1 atom stereocenters. The summed E-state index contributed by atoms with van der Waals surface area (Å²) in [5.74, 6) is 0.805. The minimum atomic E-state index is -0.813. The molecule has 35 heavy (non-hydrogen) atoms. The van der Waals surface area contributed by atoms with Crippen LogP contribution in [-0.2, 0) is 17.8 Å². The lowest BCUT2D eigenvalue weighted by atomic mass is 9.91. The molecule has 8 heteroatoms. The van der Waals surface area contributed by atoms with Crippen LogP contribution in [0.4, 0.5) is 23.1 Å². The lowest BCUT2D eigenvalue weighted by Crippen LogP contribution is -2.27. The number of nitrogens with one attached hydrogen (secondary N) is 1. The lowest BCUT2D eigenvalue weighted by Gasteiger charge is -2.28. The zero-order valence-corrected chi connectivity index (χ0v) is 20.4. The van der Waals surface area contributed by atoms with Crippen molar-refractivity contribution in [3.05, 3.63) is 69.9 Å². The molecule has 0 radical (unpaired) electrons.